The predicted octanol–water partition coefficient (Wildman–Crippen LogP) is 1.68. The molecule has 1 saturated heterocycles. The quantitative estimate of drug-likeness (QED) is 0.860. The van der Waals surface area contributed by atoms with Crippen LogP contribution in [0.2, 0.25) is 0 Å². The summed E-state index contributed by atoms with van der Waals surface area (Å²) in [6.45, 7) is 5.39. The molecule has 0 aromatic heterocycles. The van der Waals surface area contributed by atoms with Crippen LogP contribution in [0.4, 0.5) is 0 Å². The molecule has 0 spiro atoms. The molecule has 2 rings (SSSR count). The molecular weight excluding hydrogens is 252 g/mol. The van der Waals surface area contributed by atoms with Crippen LogP contribution < -0.4 is 10.5 Å². The molecule has 1 aromatic rings. The number of hydrogen-bond donors (Lipinski definition) is 1. The van der Waals surface area contributed by atoms with Gasteiger partial charge < -0.3 is 20.1 Å². The molecule has 1 aliphatic heterocycles. The highest BCUT2D eigenvalue weighted by Crippen LogP contribution is 2.15. The number of likely N-dealkylation sites (N-methyl/N-ethyl adjacent to an activating group) is 1. The van der Waals surface area contributed by atoms with Crippen LogP contribution in [0.25, 0.3) is 0 Å². The number of nitrogens with zero attached hydrogens (tertiary/aromatic N) is 1. The molecule has 0 radical (unpaired) electrons. The first-order valence-electron chi connectivity index (χ1n) is 7.41. The number of nitrogens with two attached hydrogens (primary N) is 1. The second-order valence-corrected chi connectivity index (χ2v) is 5.73. The van der Waals surface area contributed by atoms with Crippen molar-refractivity contribution < 1.29 is 9.47 Å². The van der Waals surface area contributed by atoms with Gasteiger partial charge >= 0.3 is 0 Å². The monoisotopic (exact) mass is 278 g/mol. The molecule has 112 valence electrons. The topological polar surface area (TPSA) is 47.7 Å². The van der Waals surface area contributed by atoms with Crippen molar-refractivity contribution >= 4 is 0 Å². The molecule has 0 bridgehead atoms. The van der Waals surface area contributed by atoms with Crippen LogP contribution in [0.5, 0.6) is 5.75 Å². The minimum atomic E-state index is 0.173. The molecule has 1 heterocycles. The lowest BCUT2D eigenvalue weighted by molar-refractivity contribution is -0.0403. The van der Waals surface area contributed by atoms with E-state index in [1.807, 2.05) is 19.1 Å². The first kappa shape index (κ1) is 15.3. The lowest BCUT2D eigenvalue weighted by Gasteiger charge is -2.29. The Labute approximate surface area is 121 Å². The summed E-state index contributed by atoms with van der Waals surface area (Å²) >= 11 is 0. The van der Waals surface area contributed by atoms with Crippen LogP contribution in [0.1, 0.15) is 18.9 Å². The van der Waals surface area contributed by atoms with E-state index in [1.54, 1.807) is 0 Å². The Balaban J connectivity index is 1.75. The largest absolute Gasteiger partial charge is 0.491 e. The summed E-state index contributed by atoms with van der Waals surface area (Å²) < 4.78 is 11.5. The lowest BCUT2D eigenvalue weighted by Crippen LogP contribution is -2.42. The van der Waals surface area contributed by atoms with Crippen LogP contribution in [0.15, 0.2) is 24.3 Å². The zero-order valence-corrected chi connectivity index (χ0v) is 12.5. The minimum Gasteiger partial charge on any atom is -0.491 e. The van der Waals surface area contributed by atoms with E-state index in [0.717, 1.165) is 38.3 Å². The van der Waals surface area contributed by atoms with Gasteiger partial charge in [-0.3, -0.25) is 0 Å². The van der Waals surface area contributed by atoms with Gasteiger partial charge in [0.2, 0.25) is 0 Å². The zero-order valence-electron chi connectivity index (χ0n) is 12.5. The Morgan fingerprint density at radius 3 is 2.80 bits per heavy atom. The average molecular weight is 278 g/mol. The lowest BCUT2D eigenvalue weighted by atomic mass is 10.1. The summed E-state index contributed by atoms with van der Waals surface area (Å²) in [6, 6.07) is 8.55. The van der Waals surface area contributed by atoms with E-state index in [1.165, 1.54) is 5.56 Å². The highest BCUT2D eigenvalue weighted by Gasteiger charge is 2.18. The third-order valence-corrected chi connectivity index (χ3v) is 3.59. The maximum atomic E-state index is 5.80. The fraction of sp³-hybridized carbons (Fsp3) is 0.625. The van der Waals surface area contributed by atoms with Gasteiger partial charge in [-0.25, -0.2) is 0 Å². The van der Waals surface area contributed by atoms with Crippen LogP contribution in [0.3, 0.4) is 0 Å². The minimum absolute atomic E-state index is 0.173. The van der Waals surface area contributed by atoms with Crippen molar-refractivity contribution in [3.8, 4) is 5.75 Å². The SMILES string of the molecule is CC(N)CCc1ccc(OCC2CN(C)CCO2)cc1. The summed E-state index contributed by atoms with van der Waals surface area (Å²) in [5, 5.41) is 0. The molecule has 0 amide bonds. The molecule has 20 heavy (non-hydrogen) atoms. The van der Waals surface area contributed by atoms with E-state index in [2.05, 4.69) is 24.1 Å². The Morgan fingerprint density at radius 1 is 1.40 bits per heavy atom. The number of aryl methyl sites for hydroxylation is 1. The molecule has 2 N–H and O–H groups in total. The van der Waals surface area contributed by atoms with Gasteiger partial charge in [0.25, 0.3) is 0 Å². The molecule has 4 heteroatoms. The number of hydrogen-bond acceptors (Lipinski definition) is 4. The molecule has 2 unspecified atom stereocenters. The molecular formula is C16H26N2O2. The summed E-state index contributed by atoms with van der Waals surface area (Å²) in [5.74, 6) is 0.909. The van der Waals surface area contributed by atoms with Crippen molar-refractivity contribution in [3.63, 3.8) is 0 Å². The first-order chi connectivity index (χ1) is 9.63. The smallest absolute Gasteiger partial charge is 0.119 e. The van der Waals surface area contributed by atoms with Gasteiger partial charge in [0.1, 0.15) is 18.5 Å². The van der Waals surface area contributed by atoms with Gasteiger partial charge in [-0.1, -0.05) is 12.1 Å². The van der Waals surface area contributed by atoms with Crippen molar-refractivity contribution in [2.24, 2.45) is 5.73 Å². The Bertz CT molecular complexity index is 392. The number of ether oxygens (including phenoxy) is 2. The predicted molar refractivity (Wildman–Crippen MR) is 81.1 cm³/mol. The fourth-order valence-corrected chi connectivity index (χ4v) is 2.30. The average Bonchev–Trinajstić information content (AvgIpc) is 2.44. The van der Waals surface area contributed by atoms with Crippen LogP contribution >= 0.6 is 0 Å². The Kier molecular flexibility index (Phi) is 5.83. The van der Waals surface area contributed by atoms with Gasteiger partial charge in [-0.05, 0) is 44.5 Å². The van der Waals surface area contributed by atoms with Crippen molar-refractivity contribution in [2.75, 3.05) is 33.4 Å². The first-order valence-corrected chi connectivity index (χ1v) is 7.41. The van der Waals surface area contributed by atoms with E-state index >= 15 is 0 Å². The van der Waals surface area contributed by atoms with Crippen LogP contribution in [-0.4, -0.2) is 50.4 Å². The zero-order chi connectivity index (χ0) is 14.4. The number of morpholine rings is 1. The van der Waals surface area contributed by atoms with Crippen LogP contribution in [0, 0.1) is 0 Å². The Hall–Kier alpha value is -1.10. The van der Waals surface area contributed by atoms with Crippen molar-refractivity contribution in [3.05, 3.63) is 29.8 Å². The highest BCUT2D eigenvalue weighted by molar-refractivity contribution is 5.27. The maximum Gasteiger partial charge on any atom is 0.119 e. The molecule has 1 aromatic carbocycles. The summed E-state index contributed by atoms with van der Waals surface area (Å²) in [4.78, 5) is 2.27. The van der Waals surface area contributed by atoms with Gasteiger partial charge in [0.15, 0.2) is 0 Å². The molecule has 1 aliphatic rings. The number of rotatable bonds is 6. The molecule has 0 saturated carbocycles. The van der Waals surface area contributed by atoms with Gasteiger partial charge in [-0.2, -0.15) is 0 Å². The Morgan fingerprint density at radius 2 is 2.15 bits per heavy atom. The summed E-state index contributed by atoms with van der Waals surface area (Å²) in [6.07, 6.45) is 2.21. The fourth-order valence-electron chi connectivity index (χ4n) is 2.30. The number of benzene rings is 1. The molecule has 4 nitrogen and oxygen atoms in total. The summed E-state index contributed by atoms with van der Waals surface area (Å²) in [7, 11) is 2.11. The molecule has 1 fully saturated rings. The van der Waals surface area contributed by atoms with Gasteiger partial charge in [0, 0.05) is 19.1 Å². The normalized spacial score (nSPS) is 21.6. The van der Waals surface area contributed by atoms with E-state index in [4.69, 9.17) is 15.2 Å². The maximum absolute atomic E-state index is 5.80. The van der Waals surface area contributed by atoms with Crippen molar-refractivity contribution in [2.45, 2.75) is 31.9 Å². The second-order valence-electron chi connectivity index (χ2n) is 5.73. The highest BCUT2D eigenvalue weighted by atomic mass is 16.5. The van der Waals surface area contributed by atoms with Gasteiger partial charge in [-0.15, -0.1) is 0 Å². The second kappa shape index (κ2) is 7.62. The molecule has 2 atom stereocenters. The van der Waals surface area contributed by atoms with Crippen molar-refractivity contribution in [1.29, 1.82) is 0 Å². The van der Waals surface area contributed by atoms with Gasteiger partial charge in [0.05, 0.1) is 6.61 Å². The van der Waals surface area contributed by atoms with E-state index < -0.39 is 0 Å². The molecule has 0 aliphatic carbocycles. The third kappa shape index (κ3) is 5.12. The van der Waals surface area contributed by atoms with Crippen molar-refractivity contribution in [1.82, 2.24) is 4.90 Å². The summed E-state index contributed by atoms with van der Waals surface area (Å²) in [5.41, 5.74) is 7.08. The standard InChI is InChI=1S/C16H26N2O2/c1-13(17)3-4-14-5-7-15(8-6-14)20-12-16-11-18(2)9-10-19-16/h5-8,13,16H,3-4,9-12,17H2,1-2H3. The van der Waals surface area contributed by atoms with E-state index in [0.29, 0.717) is 6.61 Å². The third-order valence-electron chi connectivity index (χ3n) is 3.59. The van der Waals surface area contributed by atoms with Crippen LogP contribution in [-0.2, 0) is 11.2 Å². The van der Waals surface area contributed by atoms with E-state index in [-0.39, 0.29) is 12.1 Å². The van der Waals surface area contributed by atoms with E-state index in [9.17, 15) is 0 Å².